The van der Waals surface area contributed by atoms with Crippen LogP contribution < -0.4 is 5.32 Å². The molecule has 3 aromatic carbocycles. The number of benzene rings is 3. The summed E-state index contributed by atoms with van der Waals surface area (Å²) in [4.78, 5) is 53.9. The molecule has 0 spiro atoms. The van der Waals surface area contributed by atoms with Crippen molar-refractivity contribution in [3.63, 3.8) is 0 Å². The highest BCUT2D eigenvalue weighted by atomic mass is 16.6. The summed E-state index contributed by atoms with van der Waals surface area (Å²) in [6.07, 6.45) is -2.09. The molecule has 222 valence electrons. The third-order valence-corrected chi connectivity index (χ3v) is 6.29. The van der Waals surface area contributed by atoms with Gasteiger partial charge in [0, 0.05) is 6.42 Å². The van der Waals surface area contributed by atoms with Gasteiger partial charge in [0.25, 0.3) is 0 Å². The van der Waals surface area contributed by atoms with E-state index in [2.05, 4.69) is 5.32 Å². The Labute approximate surface area is 245 Å². The molecule has 10 nitrogen and oxygen atoms in total. The van der Waals surface area contributed by atoms with E-state index in [0.29, 0.717) is 21.6 Å². The molecule has 0 aromatic heterocycles. The number of rotatable bonds is 12. The predicted octanol–water partition coefficient (Wildman–Crippen LogP) is 4.98. The first kappa shape index (κ1) is 31.7. The topological polar surface area (TPSA) is 131 Å². The second kappa shape index (κ2) is 15.8. The molecule has 0 saturated heterocycles. The molecule has 3 aromatic rings. The lowest BCUT2D eigenvalue weighted by Gasteiger charge is -2.29. The molecule has 0 aliphatic heterocycles. The van der Waals surface area contributed by atoms with Crippen LogP contribution in [0.1, 0.15) is 37.0 Å². The zero-order valence-electron chi connectivity index (χ0n) is 23.9. The Morgan fingerprint density at radius 2 is 1.26 bits per heavy atom. The fraction of sp³-hybridized carbons (Fsp3) is 0.312. The minimum atomic E-state index is -1.47. The minimum absolute atomic E-state index is 0.00355. The molecular weight excluding hydrogens is 540 g/mol. The van der Waals surface area contributed by atoms with E-state index < -0.39 is 36.1 Å². The number of nitrogens with one attached hydrogen (secondary N) is 1. The van der Waals surface area contributed by atoms with Gasteiger partial charge < -0.3 is 24.6 Å². The first-order valence-electron chi connectivity index (χ1n) is 13.5. The standard InChI is InChI=1S/C32H36N2O8/c1-22(2)18-27(30(37)40-3)33-29(36)28(19-23-14-16-26(35)17-15-23)34(31(38)41-20-24-10-6-4-7-11-24)32(39)42-21-25-12-8-5-9-13-25/h4-17,22,27-28,35H,18-21H2,1-3H3,(H,33,36). The van der Waals surface area contributed by atoms with Crippen LogP contribution in [0.15, 0.2) is 84.9 Å². The third-order valence-electron chi connectivity index (χ3n) is 6.29. The van der Waals surface area contributed by atoms with E-state index in [-0.39, 0.29) is 37.7 Å². The zero-order chi connectivity index (χ0) is 30.5. The van der Waals surface area contributed by atoms with Crippen LogP contribution in [0.25, 0.3) is 0 Å². The van der Waals surface area contributed by atoms with E-state index in [1.807, 2.05) is 26.0 Å². The van der Waals surface area contributed by atoms with Crippen molar-refractivity contribution >= 4 is 24.1 Å². The third kappa shape index (κ3) is 9.65. The number of esters is 1. The van der Waals surface area contributed by atoms with E-state index in [9.17, 15) is 24.3 Å². The van der Waals surface area contributed by atoms with Gasteiger partial charge in [-0.05, 0) is 41.2 Å². The SMILES string of the molecule is COC(=O)C(CC(C)C)NC(=O)C(Cc1ccc(O)cc1)N(C(=O)OCc1ccccc1)C(=O)OCc1ccccc1. The Bertz CT molecular complexity index is 1260. The Balaban J connectivity index is 1.96. The van der Waals surface area contributed by atoms with Crippen LogP contribution in [-0.4, -0.2) is 53.3 Å². The van der Waals surface area contributed by atoms with E-state index >= 15 is 0 Å². The normalized spacial score (nSPS) is 12.1. The molecule has 3 amide bonds. The van der Waals surface area contributed by atoms with E-state index in [1.54, 1.807) is 60.7 Å². The summed E-state index contributed by atoms with van der Waals surface area (Å²) in [6.45, 7) is 3.44. The lowest BCUT2D eigenvalue weighted by atomic mass is 10.0. The van der Waals surface area contributed by atoms with Crippen LogP contribution in [0.5, 0.6) is 5.75 Å². The highest BCUT2D eigenvalue weighted by Gasteiger charge is 2.39. The van der Waals surface area contributed by atoms with Crippen molar-refractivity contribution < 1.29 is 38.5 Å². The molecule has 3 rings (SSSR count). The Hall–Kier alpha value is -4.86. The highest BCUT2D eigenvalue weighted by molar-refractivity contribution is 5.96. The quantitative estimate of drug-likeness (QED) is 0.228. The van der Waals surface area contributed by atoms with Gasteiger partial charge in [0.1, 0.15) is 31.0 Å². The number of nitrogens with zero attached hydrogens (tertiary/aromatic N) is 1. The number of hydrogen-bond acceptors (Lipinski definition) is 8. The van der Waals surface area contributed by atoms with E-state index in [4.69, 9.17) is 14.2 Å². The monoisotopic (exact) mass is 576 g/mol. The molecule has 0 aliphatic carbocycles. The van der Waals surface area contributed by atoms with Crippen LogP contribution in [0.2, 0.25) is 0 Å². The summed E-state index contributed by atoms with van der Waals surface area (Å²) in [5.41, 5.74) is 1.87. The van der Waals surface area contributed by atoms with E-state index in [0.717, 1.165) is 0 Å². The van der Waals surface area contributed by atoms with Crippen LogP contribution in [0, 0.1) is 5.92 Å². The summed E-state index contributed by atoms with van der Waals surface area (Å²) in [6, 6.07) is 21.2. The first-order valence-corrected chi connectivity index (χ1v) is 13.5. The number of carbonyl (C=O) groups is 4. The average Bonchev–Trinajstić information content (AvgIpc) is 2.99. The molecule has 42 heavy (non-hydrogen) atoms. The number of hydrogen-bond donors (Lipinski definition) is 2. The number of imide groups is 1. The van der Waals surface area contributed by atoms with Gasteiger partial charge in [0.05, 0.1) is 7.11 Å². The summed E-state index contributed by atoms with van der Waals surface area (Å²) in [7, 11) is 1.21. The van der Waals surface area contributed by atoms with Crippen molar-refractivity contribution in [2.24, 2.45) is 5.92 Å². The van der Waals surface area contributed by atoms with Gasteiger partial charge >= 0.3 is 18.2 Å². The van der Waals surface area contributed by atoms with Crippen LogP contribution in [0.3, 0.4) is 0 Å². The molecule has 0 saturated carbocycles. The Morgan fingerprint density at radius 3 is 1.71 bits per heavy atom. The zero-order valence-corrected chi connectivity index (χ0v) is 23.9. The van der Waals surface area contributed by atoms with Crippen LogP contribution in [-0.2, 0) is 43.4 Å². The number of aromatic hydroxyl groups is 1. The number of amides is 3. The summed E-state index contributed by atoms with van der Waals surface area (Å²) in [5.74, 6) is -1.42. The number of phenols is 1. The second-order valence-electron chi connectivity index (χ2n) is 10.1. The summed E-state index contributed by atoms with van der Waals surface area (Å²) < 4.78 is 15.8. The molecule has 0 heterocycles. The maximum Gasteiger partial charge on any atom is 0.420 e. The molecule has 0 fully saturated rings. The maximum absolute atomic E-state index is 13.8. The fourth-order valence-electron chi connectivity index (χ4n) is 4.16. The molecule has 2 atom stereocenters. The van der Waals surface area contributed by atoms with Gasteiger partial charge in [0.15, 0.2) is 0 Å². The average molecular weight is 577 g/mol. The van der Waals surface area contributed by atoms with Crippen LogP contribution in [0.4, 0.5) is 9.59 Å². The fourth-order valence-corrected chi connectivity index (χ4v) is 4.16. The number of methoxy groups -OCH3 is 1. The lowest BCUT2D eigenvalue weighted by Crippen LogP contribution is -2.56. The van der Waals surface area contributed by atoms with E-state index in [1.165, 1.54) is 19.2 Å². The van der Waals surface area contributed by atoms with Crippen molar-refractivity contribution in [2.75, 3.05) is 7.11 Å². The van der Waals surface area contributed by atoms with Gasteiger partial charge in [-0.1, -0.05) is 86.6 Å². The van der Waals surface area contributed by atoms with Crippen molar-refractivity contribution in [1.29, 1.82) is 0 Å². The lowest BCUT2D eigenvalue weighted by molar-refractivity contribution is -0.146. The van der Waals surface area contributed by atoms with Gasteiger partial charge in [0.2, 0.25) is 5.91 Å². The number of carbonyl (C=O) groups excluding carboxylic acids is 4. The van der Waals surface area contributed by atoms with Crippen molar-refractivity contribution in [1.82, 2.24) is 10.2 Å². The van der Waals surface area contributed by atoms with Gasteiger partial charge in [-0.2, -0.15) is 4.90 Å². The Kier molecular flexibility index (Phi) is 11.9. The molecule has 10 heteroatoms. The second-order valence-corrected chi connectivity index (χ2v) is 10.1. The highest BCUT2D eigenvalue weighted by Crippen LogP contribution is 2.18. The smallest absolute Gasteiger partial charge is 0.420 e. The molecule has 2 N–H and O–H groups in total. The van der Waals surface area contributed by atoms with Gasteiger partial charge in [-0.15, -0.1) is 0 Å². The summed E-state index contributed by atoms with van der Waals surface area (Å²) >= 11 is 0. The van der Waals surface area contributed by atoms with Gasteiger partial charge in [-0.25, -0.2) is 14.4 Å². The molecule has 0 radical (unpaired) electrons. The van der Waals surface area contributed by atoms with Crippen LogP contribution >= 0.6 is 0 Å². The van der Waals surface area contributed by atoms with Crippen molar-refractivity contribution in [2.45, 2.75) is 52.0 Å². The largest absolute Gasteiger partial charge is 0.508 e. The maximum atomic E-state index is 13.8. The number of phenolic OH excluding ortho intramolecular Hbond substituents is 1. The Morgan fingerprint density at radius 1 is 0.762 bits per heavy atom. The van der Waals surface area contributed by atoms with Gasteiger partial charge in [-0.3, -0.25) is 4.79 Å². The van der Waals surface area contributed by atoms with Crippen molar-refractivity contribution in [3.05, 3.63) is 102 Å². The molecule has 0 bridgehead atoms. The summed E-state index contributed by atoms with van der Waals surface area (Å²) in [5, 5.41) is 12.4. The molecule has 0 aliphatic rings. The molecule has 2 unspecified atom stereocenters. The number of ether oxygens (including phenoxy) is 3. The van der Waals surface area contributed by atoms with Crippen molar-refractivity contribution in [3.8, 4) is 5.75 Å². The predicted molar refractivity (Wildman–Crippen MR) is 154 cm³/mol. The first-order chi connectivity index (χ1) is 20.2. The minimum Gasteiger partial charge on any atom is -0.508 e. The molecular formula is C32H36N2O8.